The lowest BCUT2D eigenvalue weighted by atomic mass is 9.89. The highest BCUT2D eigenvalue weighted by Crippen LogP contribution is 2.22. The minimum absolute atomic E-state index is 0.532. The Kier molecular flexibility index (Phi) is 11.7. The van der Waals surface area contributed by atoms with Gasteiger partial charge in [0.1, 0.15) is 0 Å². The molecule has 1 N–H and O–H groups in total. The van der Waals surface area contributed by atoms with E-state index in [1.807, 2.05) is 0 Å². The molecule has 1 nitrogen and oxygen atoms in total. The van der Waals surface area contributed by atoms with Crippen LogP contribution >= 0.6 is 0 Å². The van der Waals surface area contributed by atoms with E-state index in [-0.39, 0.29) is 0 Å². The summed E-state index contributed by atoms with van der Waals surface area (Å²) < 4.78 is 0. The third kappa shape index (κ3) is 18.0. The first-order valence-electron chi connectivity index (χ1n) is 8.65. The molecule has 0 saturated carbocycles. The van der Waals surface area contributed by atoms with Gasteiger partial charge in [-0.05, 0) is 24.8 Å². The van der Waals surface area contributed by atoms with Gasteiger partial charge < -0.3 is 5.32 Å². The van der Waals surface area contributed by atoms with Crippen LogP contribution in [0, 0.1) is 5.41 Å². The molecule has 1 heteroatoms. The molecule has 0 aromatic rings. The Hall–Kier alpha value is -0.0400. The van der Waals surface area contributed by atoms with Crippen LogP contribution in [0.3, 0.4) is 0 Å². The van der Waals surface area contributed by atoms with E-state index in [0.717, 1.165) is 0 Å². The van der Waals surface area contributed by atoms with E-state index < -0.39 is 0 Å². The van der Waals surface area contributed by atoms with Crippen molar-refractivity contribution < 1.29 is 0 Å². The summed E-state index contributed by atoms with van der Waals surface area (Å²) in [6.45, 7) is 12.7. The highest BCUT2D eigenvalue weighted by Gasteiger charge is 2.08. The van der Waals surface area contributed by atoms with Crippen molar-refractivity contribution in [1.29, 1.82) is 0 Å². The van der Waals surface area contributed by atoms with E-state index in [0.29, 0.717) is 11.5 Å². The minimum Gasteiger partial charge on any atom is -0.315 e. The molecule has 0 rings (SSSR count). The van der Waals surface area contributed by atoms with Crippen LogP contribution in [-0.4, -0.2) is 12.6 Å². The van der Waals surface area contributed by atoms with Gasteiger partial charge in [0.2, 0.25) is 0 Å². The van der Waals surface area contributed by atoms with E-state index in [9.17, 15) is 0 Å². The van der Waals surface area contributed by atoms with Crippen LogP contribution in [-0.2, 0) is 0 Å². The molecule has 0 aliphatic rings. The molecule has 0 atom stereocenters. The third-order valence-corrected chi connectivity index (χ3v) is 3.66. The second-order valence-electron chi connectivity index (χ2n) is 7.60. The van der Waals surface area contributed by atoms with Gasteiger partial charge in [0.25, 0.3) is 0 Å². The van der Waals surface area contributed by atoms with Crippen LogP contribution in [0.5, 0.6) is 0 Å². The van der Waals surface area contributed by atoms with Gasteiger partial charge in [0.05, 0.1) is 0 Å². The predicted octanol–water partition coefficient (Wildman–Crippen LogP) is 5.93. The summed E-state index contributed by atoms with van der Waals surface area (Å²) >= 11 is 0. The summed E-state index contributed by atoms with van der Waals surface area (Å²) in [5.41, 5.74) is 0.532. The van der Waals surface area contributed by atoms with Crippen LogP contribution in [0.15, 0.2) is 0 Å². The summed E-state index contributed by atoms with van der Waals surface area (Å²) in [6, 6.07) is 0.646. The van der Waals surface area contributed by atoms with E-state index in [4.69, 9.17) is 0 Å². The highest BCUT2D eigenvalue weighted by atomic mass is 14.9. The molecule has 0 saturated heterocycles. The number of hydrogen-bond acceptors (Lipinski definition) is 1. The molecular weight excluding hydrogens is 230 g/mol. The van der Waals surface area contributed by atoms with E-state index in [1.54, 1.807) is 0 Å². The molecule has 0 spiro atoms. The first-order chi connectivity index (χ1) is 8.92. The van der Waals surface area contributed by atoms with Crippen molar-refractivity contribution >= 4 is 0 Å². The van der Waals surface area contributed by atoms with E-state index >= 15 is 0 Å². The standard InChI is InChI=1S/C18H39N/c1-17(2)19-16-14-12-10-8-6-7-9-11-13-15-18(3,4)5/h17,19H,6-16H2,1-5H3. The van der Waals surface area contributed by atoms with Crippen LogP contribution in [0.25, 0.3) is 0 Å². The lowest BCUT2D eigenvalue weighted by Crippen LogP contribution is -2.23. The average molecular weight is 270 g/mol. The average Bonchev–Trinajstić information content (AvgIpc) is 2.28. The van der Waals surface area contributed by atoms with Crippen LogP contribution < -0.4 is 5.32 Å². The second kappa shape index (κ2) is 11.8. The van der Waals surface area contributed by atoms with Gasteiger partial charge in [-0.25, -0.2) is 0 Å². The Morgan fingerprint density at radius 1 is 0.684 bits per heavy atom. The van der Waals surface area contributed by atoms with Gasteiger partial charge in [-0.3, -0.25) is 0 Å². The number of nitrogens with one attached hydrogen (secondary N) is 1. The predicted molar refractivity (Wildman–Crippen MR) is 88.8 cm³/mol. The lowest BCUT2D eigenvalue weighted by molar-refractivity contribution is 0.356. The van der Waals surface area contributed by atoms with Gasteiger partial charge in [0, 0.05) is 6.04 Å². The molecule has 0 aliphatic carbocycles. The quantitative estimate of drug-likeness (QED) is 0.433. The van der Waals surface area contributed by atoms with Crippen molar-refractivity contribution in [3.05, 3.63) is 0 Å². The van der Waals surface area contributed by atoms with Crippen LogP contribution in [0.4, 0.5) is 0 Å². The fourth-order valence-electron chi connectivity index (χ4n) is 2.41. The first-order valence-corrected chi connectivity index (χ1v) is 8.65. The smallest absolute Gasteiger partial charge is 0.00103 e. The van der Waals surface area contributed by atoms with Crippen molar-refractivity contribution in [1.82, 2.24) is 5.32 Å². The maximum absolute atomic E-state index is 3.48. The van der Waals surface area contributed by atoms with Gasteiger partial charge >= 0.3 is 0 Å². The molecule has 0 amide bonds. The van der Waals surface area contributed by atoms with Crippen molar-refractivity contribution in [2.45, 2.75) is 105 Å². The number of hydrogen-bond donors (Lipinski definition) is 1. The van der Waals surface area contributed by atoms with Gasteiger partial charge in [-0.2, -0.15) is 0 Å². The van der Waals surface area contributed by atoms with Crippen LogP contribution in [0.2, 0.25) is 0 Å². The maximum Gasteiger partial charge on any atom is 0.00103 e. The molecule has 0 bridgehead atoms. The number of rotatable bonds is 12. The molecule has 0 aromatic carbocycles. The fraction of sp³-hybridized carbons (Fsp3) is 1.00. The summed E-state index contributed by atoms with van der Waals surface area (Å²) in [7, 11) is 0. The molecular formula is C18H39N. The Morgan fingerprint density at radius 2 is 1.11 bits per heavy atom. The first kappa shape index (κ1) is 19.0. The third-order valence-electron chi connectivity index (χ3n) is 3.66. The van der Waals surface area contributed by atoms with E-state index in [1.165, 1.54) is 70.8 Å². The van der Waals surface area contributed by atoms with Crippen molar-refractivity contribution in [3.63, 3.8) is 0 Å². The zero-order chi connectivity index (χ0) is 14.6. The Morgan fingerprint density at radius 3 is 1.53 bits per heavy atom. The zero-order valence-corrected chi connectivity index (χ0v) is 14.4. The largest absolute Gasteiger partial charge is 0.315 e. The van der Waals surface area contributed by atoms with Gasteiger partial charge in [-0.1, -0.05) is 86.0 Å². The lowest BCUT2D eigenvalue weighted by Gasteiger charge is -2.17. The van der Waals surface area contributed by atoms with Crippen LogP contribution in [0.1, 0.15) is 98.8 Å². The number of unbranched alkanes of at least 4 members (excludes halogenated alkanes) is 8. The monoisotopic (exact) mass is 269 g/mol. The van der Waals surface area contributed by atoms with Gasteiger partial charge in [0.15, 0.2) is 0 Å². The summed E-state index contributed by atoms with van der Waals surface area (Å²) in [6.07, 6.45) is 14.2. The summed E-state index contributed by atoms with van der Waals surface area (Å²) in [4.78, 5) is 0. The zero-order valence-electron chi connectivity index (χ0n) is 14.4. The molecule has 0 heterocycles. The highest BCUT2D eigenvalue weighted by molar-refractivity contribution is 4.61. The molecule has 0 aromatic heterocycles. The molecule has 116 valence electrons. The molecule has 0 fully saturated rings. The maximum atomic E-state index is 3.48. The molecule has 0 unspecified atom stereocenters. The summed E-state index contributed by atoms with van der Waals surface area (Å²) in [5, 5.41) is 3.48. The van der Waals surface area contributed by atoms with E-state index in [2.05, 4.69) is 39.9 Å². The Bertz CT molecular complexity index is 179. The van der Waals surface area contributed by atoms with Crippen molar-refractivity contribution in [2.24, 2.45) is 5.41 Å². The second-order valence-corrected chi connectivity index (χ2v) is 7.60. The SMILES string of the molecule is CC(C)NCCCCCCCCCCCC(C)(C)C. The topological polar surface area (TPSA) is 12.0 Å². The fourth-order valence-corrected chi connectivity index (χ4v) is 2.41. The minimum atomic E-state index is 0.532. The molecule has 0 radical (unpaired) electrons. The summed E-state index contributed by atoms with van der Waals surface area (Å²) in [5.74, 6) is 0. The molecule has 19 heavy (non-hydrogen) atoms. The Labute approximate surface area is 122 Å². The normalized spacial score (nSPS) is 12.3. The molecule has 0 aliphatic heterocycles. The van der Waals surface area contributed by atoms with Crippen molar-refractivity contribution in [2.75, 3.05) is 6.54 Å². The van der Waals surface area contributed by atoms with Crippen molar-refractivity contribution in [3.8, 4) is 0 Å². The Balaban J connectivity index is 3.03. The van der Waals surface area contributed by atoms with Gasteiger partial charge in [-0.15, -0.1) is 0 Å².